The summed E-state index contributed by atoms with van der Waals surface area (Å²) in [7, 11) is 0. The van der Waals surface area contributed by atoms with Crippen LogP contribution in [0.2, 0.25) is 0 Å². The van der Waals surface area contributed by atoms with Gasteiger partial charge in [0.1, 0.15) is 0 Å². The lowest BCUT2D eigenvalue weighted by Gasteiger charge is -2.37. The maximum Gasteiger partial charge on any atom is 0.00979 e. The number of halogens is 1. The van der Waals surface area contributed by atoms with Gasteiger partial charge in [0.2, 0.25) is 0 Å². The molecule has 0 spiro atoms. The molecule has 0 saturated heterocycles. The van der Waals surface area contributed by atoms with Crippen molar-refractivity contribution in [2.24, 2.45) is 0 Å². The number of rotatable bonds is 5. The molecule has 0 aromatic rings. The van der Waals surface area contributed by atoms with Crippen molar-refractivity contribution in [2.45, 2.75) is 64.5 Å². The highest BCUT2D eigenvalue weighted by Gasteiger charge is 2.22. The van der Waals surface area contributed by atoms with Crippen molar-refractivity contribution in [3.63, 3.8) is 0 Å². The number of hydrogen-bond acceptors (Lipinski definition) is 1. The second-order valence-corrected chi connectivity index (χ2v) is 5.46. The van der Waals surface area contributed by atoms with Gasteiger partial charge in [-0.3, -0.25) is 4.90 Å². The minimum absolute atomic E-state index is 0.720. The van der Waals surface area contributed by atoms with Crippen LogP contribution in [0.3, 0.4) is 0 Å². The molecule has 0 aromatic heterocycles. The lowest BCUT2D eigenvalue weighted by Crippen LogP contribution is -2.42. The Morgan fingerprint density at radius 2 is 1.86 bits per heavy atom. The summed E-state index contributed by atoms with van der Waals surface area (Å²) in [5.41, 5.74) is 0. The van der Waals surface area contributed by atoms with Crippen LogP contribution in [0.25, 0.3) is 0 Å². The van der Waals surface area contributed by atoms with Crippen molar-refractivity contribution < 1.29 is 0 Å². The molecular weight excluding hydrogens is 238 g/mol. The molecule has 0 atom stereocenters. The fraction of sp³-hybridized carbons (Fsp3) is 1.00. The van der Waals surface area contributed by atoms with Crippen LogP contribution in [0.15, 0.2) is 0 Å². The molecule has 1 nitrogen and oxygen atoms in total. The van der Waals surface area contributed by atoms with E-state index in [1.807, 2.05) is 0 Å². The monoisotopic (exact) mass is 261 g/mol. The Morgan fingerprint density at radius 1 is 1.21 bits per heavy atom. The van der Waals surface area contributed by atoms with E-state index in [0.717, 1.165) is 17.4 Å². The molecule has 0 aromatic carbocycles. The predicted molar refractivity (Wildman–Crippen MR) is 67.1 cm³/mol. The highest BCUT2D eigenvalue weighted by molar-refractivity contribution is 9.09. The van der Waals surface area contributed by atoms with Crippen LogP contribution in [0.1, 0.15) is 52.4 Å². The predicted octanol–water partition coefficient (Wildman–Crippen LogP) is 3.81. The van der Waals surface area contributed by atoms with Gasteiger partial charge in [-0.15, -0.1) is 0 Å². The van der Waals surface area contributed by atoms with Gasteiger partial charge in [-0.05, 0) is 39.7 Å². The summed E-state index contributed by atoms with van der Waals surface area (Å²) in [6.45, 7) is 5.94. The van der Waals surface area contributed by atoms with Crippen molar-refractivity contribution in [1.29, 1.82) is 0 Å². The van der Waals surface area contributed by atoms with E-state index in [1.165, 1.54) is 45.1 Å². The van der Waals surface area contributed by atoms with Gasteiger partial charge in [-0.1, -0.05) is 35.2 Å². The topological polar surface area (TPSA) is 3.24 Å². The Kier molecular flexibility index (Phi) is 6.11. The van der Waals surface area contributed by atoms with Gasteiger partial charge in [-0.2, -0.15) is 0 Å². The number of nitrogens with zero attached hydrogens (tertiary/aromatic N) is 1. The van der Waals surface area contributed by atoms with Crippen LogP contribution in [0.4, 0.5) is 0 Å². The molecule has 0 bridgehead atoms. The van der Waals surface area contributed by atoms with E-state index in [4.69, 9.17) is 0 Å². The first-order chi connectivity index (χ1) is 6.75. The molecule has 0 radical (unpaired) electrons. The van der Waals surface area contributed by atoms with Gasteiger partial charge in [0.15, 0.2) is 0 Å². The van der Waals surface area contributed by atoms with Gasteiger partial charge < -0.3 is 0 Å². The van der Waals surface area contributed by atoms with E-state index in [0.29, 0.717) is 0 Å². The maximum absolute atomic E-state index is 3.52. The molecule has 0 amide bonds. The molecule has 0 aliphatic heterocycles. The fourth-order valence-electron chi connectivity index (χ4n) is 2.52. The molecular formula is C12H24BrN. The zero-order valence-electron chi connectivity index (χ0n) is 9.64. The Balaban J connectivity index is 2.39. The molecule has 84 valence electrons. The first-order valence-corrected chi connectivity index (χ1v) is 7.19. The first kappa shape index (κ1) is 12.5. The zero-order chi connectivity index (χ0) is 10.4. The molecule has 0 N–H and O–H groups in total. The van der Waals surface area contributed by atoms with E-state index in [-0.39, 0.29) is 0 Å². The molecule has 1 aliphatic rings. The van der Waals surface area contributed by atoms with Crippen LogP contribution in [-0.4, -0.2) is 28.9 Å². The molecule has 0 heterocycles. The number of hydrogen-bond donors (Lipinski definition) is 0. The summed E-state index contributed by atoms with van der Waals surface area (Å²) < 4.78 is 0. The quantitative estimate of drug-likeness (QED) is 0.681. The van der Waals surface area contributed by atoms with Crippen LogP contribution in [0, 0.1) is 0 Å². The van der Waals surface area contributed by atoms with Gasteiger partial charge in [-0.25, -0.2) is 0 Å². The summed E-state index contributed by atoms with van der Waals surface area (Å²) in [5.74, 6) is 0. The largest absolute Gasteiger partial charge is 0.298 e. The van der Waals surface area contributed by atoms with E-state index in [2.05, 4.69) is 34.7 Å². The zero-order valence-corrected chi connectivity index (χ0v) is 11.2. The highest BCUT2D eigenvalue weighted by Crippen LogP contribution is 2.24. The van der Waals surface area contributed by atoms with Gasteiger partial charge in [0.25, 0.3) is 0 Å². The molecule has 1 fully saturated rings. The third-order valence-corrected chi connectivity index (χ3v) is 3.82. The Labute approximate surface area is 97.4 Å². The normalized spacial score (nSPS) is 19.5. The molecule has 2 heteroatoms. The van der Waals surface area contributed by atoms with E-state index < -0.39 is 0 Å². The lowest BCUT2D eigenvalue weighted by molar-refractivity contribution is 0.121. The smallest absolute Gasteiger partial charge is 0.00979 e. The highest BCUT2D eigenvalue weighted by atomic mass is 79.9. The third-order valence-electron chi connectivity index (χ3n) is 3.26. The SMILES string of the molecule is CC(C)N(CCCBr)C1CCCCC1. The maximum atomic E-state index is 3.52. The van der Waals surface area contributed by atoms with Crippen LogP contribution in [0.5, 0.6) is 0 Å². The minimum Gasteiger partial charge on any atom is -0.298 e. The first-order valence-electron chi connectivity index (χ1n) is 6.07. The second kappa shape index (κ2) is 6.84. The summed E-state index contributed by atoms with van der Waals surface area (Å²) in [6.07, 6.45) is 8.50. The average Bonchev–Trinajstić information content (AvgIpc) is 2.19. The fourth-order valence-corrected chi connectivity index (χ4v) is 2.77. The minimum atomic E-state index is 0.720. The second-order valence-electron chi connectivity index (χ2n) is 4.67. The summed E-state index contributed by atoms with van der Waals surface area (Å²) in [6, 6.07) is 1.60. The Bertz CT molecular complexity index is 141. The van der Waals surface area contributed by atoms with E-state index in [1.54, 1.807) is 0 Å². The Morgan fingerprint density at radius 3 is 2.36 bits per heavy atom. The van der Waals surface area contributed by atoms with Gasteiger partial charge >= 0.3 is 0 Å². The summed E-state index contributed by atoms with van der Waals surface area (Å²) in [4.78, 5) is 2.71. The molecule has 0 unspecified atom stereocenters. The van der Waals surface area contributed by atoms with Crippen molar-refractivity contribution in [3.8, 4) is 0 Å². The molecule has 1 aliphatic carbocycles. The van der Waals surface area contributed by atoms with Crippen molar-refractivity contribution in [3.05, 3.63) is 0 Å². The Hall–Kier alpha value is 0.440. The van der Waals surface area contributed by atoms with Crippen LogP contribution < -0.4 is 0 Å². The standard InChI is InChI=1S/C12H24BrN/c1-11(2)14(10-6-9-13)12-7-4-3-5-8-12/h11-12H,3-10H2,1-2H3. The molecule has 14 heavy (non-hydrogen) atoms. The van der Waals surface area contributed by atoms with Crippen molar-refractivity contribution in [1.82, 2.24) is 4.90 Å². The van der Waals surface area contributed by atoms with E-state index in [9.17, 15) is 0 Å². The van der Waals surface area contributed by atoms with E-state index >= 15 is 0 Å². The van der Waals surface area contributed by atoms with Crippen molar-refractivity contribution in [2.75, 3.05) is 11.9 Å². The third kappa shape index (κ3) is 3.90. The van der Waals surface area contributed by atoms with Gasteiger partial charge in [0.05, 0.1) is 0 Å². The van der Waals surface area contributed by atoms with Crippen LogP contribution in [-0.2, 0) is 0 Å². The average molecular weight is 262 g/mol. The summed E-state index contributed by atoms with van der Waals surface area (Å²) in [5, 5.41) is 1.14. The number of alkyl halides is 1. The molecule has 1 rings (SSSR count). The lowest BCUT2D eigenvalue weighted by atomic mass is 9.93. The summed E-state index contributed by atoms with van der Waals surface area (Å²) >= 11 is 3.52. The van der Waals surface area contributed by atoms with Crippen LogP contribution >= 0.6 is 15.9 Å². The van der Waals surface area contributed by atoms with Gasteiger partial charge in [0, 0.05) is 17.4 Å². The molecule has 1 saturated carbocycles. The van der Waals surface area contributed by atoms with Crippen molar-refractivity contribution >= 4 is 15.9 Å².